The molecule has 0 saturated heterocycles. The van der Waals surface area contributed by atoms with E-state index >= 15 is 0 Å². The lowest BCUT2D eigenvalue weighted by Crippen LogP contribution is -2.28. The van der Waals surface area contributed by atoms with Crippen LogP contribution >= 0.6 is 11.6 Å². The molecule has 3 aromatic rings. The summed E-state index contributed by atoms with van der Waals surface area (Å²) in [5.41, 5.74) is 2.63. The van der Waals surface area contributed by atoms with Crippen molar-refractivity contribution in [3.63, 3.8) is 0 Å². The summed E-state index contributed by atoms with van der Waals surface area (Å²) in [5.74, 6) is 0.545. The molecule has 1 aromatic heterocycles. The van der Waals surface area contributed by atoms with E-state index in [1.165, 1.54) is 7.11 Å². The predicted octanol–water partition coefficient (Wildman–Crippen LogP) is 3.92. The number of hydrogen-bond acceptors (Lipinski definition) is 3. The van der Waals surface area contributed by atoms with E-state index in [-0.39, 0.29) is 6.03 Å². The third kappa shape index (κ3) is 4.55. The summed E-state index contributed by atoms with van der Waals surface area (Å²) in [6.07, 6.45) is 3.65. The fourth-order valence-electron chi connectivity index (χ4n) is 2.57. The van der Waals surface area contributed by atoms with Crippen molar-refractivity contribution in [2.24, 2.45) is 0 Å². The Hall–Kier alpha value is -2.99. The van der Waals surface area contributed by atoms with Crippen LogP contribution in [0.5, 0.6) is 5.75 Å². The van der Waals surface area contributed by atoms with Gasteiger partial charge in [0.05, 0.1) is 19.3 Å². The molecule has 0 unspecified atom stereocenters. The van der Waals surface area contributed by atoms with Crippen LogP contribution in [0.2, 0.25) is 5.02 Å². The normalized spacial score (nSPS) is 10.4. The van der Waals surface area contributed by atoms with E-state index in [4.69, 9.17) is 16.3 Å². The van der Waals surface area contributed by atoms with Gasteiger partial charge in [0.1, 0.15) is 5.75 Å². The molecule has 7 heteroatoms. The summed E-state index contributed by atoms with van der Waals surface area (Å²) >= 11 is 5.98. The van der Waals surface area contributed by atoms with Crippen molar-refractivity contribution < 1.29 is 9.53 Å². The lowest BCUT2D eigenvalue weighted by molar-refractivity contribution is 0.251. The molecule has 0 aliphatic rings. The maximum atomic E-state index is 12.3. The number of aromatic nitrogens is 2. The number of hydrogen-bond donors (Lipinski definition) is 2. The van der Waals surface area contributed by atoms with E-state index in [1.807, 2.05) is 41.2 Å². The highest BCUT2D eigenvalue weighted by Crippen LogP contribution is 2.27. The van der Waals surface area contributed by atoms with E-state index < -0.39 is 0 Å². The highest BCUT2D eigenvalue weighted by Gasteiger charge is 2.09. The molecule has 0 radical (unpaired) electrons. The van der Waals surface area contributed by atoms with Crippen molar-refractivity contribution in [3.05, 3.63) is 77.1 Å². The van der Waals surface area contributed by atoms with Gasteiger partial charge in [0.15, 0.2) is 0 Å². The van der Waals surface area contributed by atoms with Crippen LogP contribution in [0, 0.1) is 0 Å². The van der Waals surface area contributed by atoms with Gasteiger partial charge in [-0.25, -0.2) is 4.79 Å². The van der Waals surface area contributed by atoms with Gasteiger partial charge in [-0.05, 0) is 35.4 Å². The molecule has 6 nitrogen and oxygen atoms in total. The monoisotopic (exact) mass is 370 g/mol. The second-order valence-corrected chi connectivity index (χ2v) is 6.06. The molecule has 0 spiro atoms. The average Bonchev–Trinajstić information content (AvgIpc) is 3.14. The van der Waals surface area contributed by atoms with Crippen molar-refractivity contribution in [2.45, 2.75) is 13.1 Å². The molecule has 1 heterocycles. The first kappa shape index (κ1) is 17.8. The maximum absolute atomic E-state index is 12.3. The van der Waals surface area contributed by atoms with Gasteiger partial charge in [0.25, 0.3) is 0 Å². The number of methoxy groups -OCH3 is 1. The highest BCUT2D eigenvalue weighted by atomic mass is 35.5. The van der Waals surface area contributed by atoms with Gasteiger partial charge in [-0.1, -0.05) is 35.9 Å². The average molecular weight is 371 g/mol. The van der Waals surface area contributed by atoms with Crippen LogP contribution in [-0.4, -0.2) is 22.9 Å². The molecular formula is C19H19ClN4O2. The Morgan fingerprint density at radius 2 is 2.00 bits per heavy atom. The Labute approximate surface area is 156 Å². The maximum Gasteiger partial charge on any atom is 0.319 e. The van der Waals surface area contributed by atoms with Gasteiger partial charge in [0.2, 0.25) is 0 Å². The molecule has 3 rings (SSSR count). The minimum absolute atomic E-state index is 0.334. The van der Waals surface area contributed by atoms with Crippen molar-refractivity contribution in [1.29, 1.82) is 0 Å². The standard InChI is InChI=1S/C19H19ClN4O2/c1-26-18-8-7-16(20)11-17(18)23-19(25)21-12-14-5-2-3-6-15(14)13-24-10-4-9-22-24/h2-11H,12-13H2,1H3,(H2,21,23,25). The van der Waals surface area contributed by atoms with Gasteiger partial charge in [0, 0.05) is 24.0 Å². The molecule has 0 atom stereocenters. The van der Waals surface area contributed by atoms with Crippen LogP contribution in [0.3, 0.4) is 0 Å². The van der Waals surface area contributed by atoms with E-state index in [2.05, 4.69) is 15.7 Å². The van der Waals surface area contributed by atoms with Gasteiger partial charge >= 0.3 is 6.03 Å². The van der Waals surface area contributed by atoms with Crippen molar-refractivity contribution in [3.8, 4) is 5.75 Å². The summed E-state index contributed by atoms with van der Waals surface area (Å²) in [6, 6.07) is 14.5. The minimum Gasteiger partial charge on any atom is -0.495 e. The molecule has 2 aromatic carbocycles. The van der Waals surface area contributed by atoms with E-state index in [0.717, 1.165) is 11.1 Å². The van der Waals surface area contributed by atoms with Gasteiger partial charge < -0.3 is 15.4 Å². The fourth-order valence-corrected chi connectivity index (χ4v) is 2.74. The number of amides is 2. The number of nitrogens with zero attached hydrogens (tertiary/aromatic N) is 2. The predicted molar refractivity (Wildman–Crippen MR) is 102 cm³/mol. The summed E-state index contributed by atoms with van der Waals surface area (Å²) in [7, 11) is 1.54. The van der Waals surface area contributed by atoms with E-state index in [0.29, 0.717) is 29.5 Å². The molecular weight excluding hydrogens is 352 g/mol. The Morgan fingerprint density at radius 3 is 2.73 bits per heavy atom. The van der Waals surface area contributed by atoms with Crippen molar-refractivity contribution in [2.75, 3.05) is 12.4 Å². The lowest BCUT2D eigenvalue weighted by Gasteiger charge is -2.13. The Bertz CT molecular complexity index is 881. The molecule has 2 N–H and O–H groups in total. The number of anilines is 1. The number of carbonyl (C=O) groups is 1. The van der Waals surface area contributed by atoms with Gasteiger partial charge in [-0.2, -0.15) is 5.10 Å². The van der Waals surface area contributed by atoms with Crippen LogP contribution in [0.15, 0.2) is 60.9 Å². The van der Waals surface area contributed by atoms with Crippen LogP contribution in [0.1, 0.15) is 11.1 Å². The SMILES string of the molecule is COc1ccc(Cl)cc1NC(=O)NCc1ccccc1Cn1cccn1. The van der Waals surface area contributed by atoms with Crippen molar-refractivity contribution >= 4 is 23.3 Å². The molecule has 0 saturated carbocycles. The zero-order valence-electron chi connectivity index (χ0n) is 14.3. The Kier molecular flexibility index (Phi) is 5.76. The quantitative estimate of drug-likeness (QED) is 0.691. The topological polar surface area (TPSA) is 68.2 Å². The van der Waals surface area contributed by atoms with E-state index in [1.54, 1.807) is 24.4 Å². The number of benzene rings is 2. The molecule has 0 fully saturated rings. The first-order valence-electron chi connectivity index (χ1n) is 8.08. The van der Waals surface area contributed by atoms with Crippen LogP contribution in [-0.2, 0) is 13.1 Å². The lowest BCUT2D eigenvalue weighted by atomic mass is 10.1. The Balaban J connectivity index is 1.64. The largest absolute Gasteiger partial charge is 0.495 e. The fraction of sp³-hybridized carbons (Fsp3) is 0.158. The zero-order chi connectivity index (χ0) is 18.4. The number of nitrogens with one attached hydrogen (secondary N) is 2. The first-order valence-corrected chi connectivity index (χ1v) is 8.46. The first-order chi connectivity index (χ1) is 12.7. The number of halogens is 1. The third-order valence-corrected chi connectivity index (χ3v) is 4.09. The zero-order valence-corrected chi connectivity index (χ0v) is 15.0. The number of urea groups is 1. The molecule has 0 bridgehead atoms. The summed E-state index contributed by atoms with van der Waals surface area (Å²) in [6.45, 7) is 1.04. The molecule has 26 heavy (non-hydrogen) atoms. The van der Waals surface area contributed by atoms with Crippen LogP contribution in [0.4, 0.5) is 10.5 Å². The number of carbonyl (C=O) groups excluding carboxylic acids is 1. The summed E-state index contributed by atoms with van der Waals surface area (Å²) in [4.78, 5) is 12.3. The van der Waals surface area contributed by atoms with Crippen LogP contribution < -0.4 is 15.4 Å². The Morgan fingerprint density at radius 1 is 1.19 bits per heavy atom. The van der Waals surface area contributed by atoms with Crippen LogP contribution in [0.25, 0.3) is 0 Å². The molecule has 0 aliphatic heterocycles. The molecule has 134 valence electrons. The summed E-state index contributed by atoms with van der Waals surface area (Å²) < 4.78 is 7.07. The molecule has 0 aliphatic carbocycles. The van der Waals surface area contributed by atoms with Crippen molar-refractivity contribution in [1.82, 2.24) is 15.1 Å². The second-order valence-electron chi connectivity index (χ2n) is 5.62. The van der Waals surface area contributed by atoms with E-state index in [9.17, 15) is 4.79 Å². The van der Waals surface area contributed by atoms with Gasteiger partial charge in [-0.15, -0.1) is 0 Å². The minimum atomic E-state index is -0.334. The third-order valence-electron chi connectivity index (χ3n) is 3.86. The smallest absolute Gasteiger partial charge is 0.319 e. The highest BCUT2D eigenvalue weighted by molar-refractivity contribution is 6.31. The summed E-state index contributed by atoms with van der Waals surface area (Å²) in [5, 5.41) is 10.4. The molecule has 2 amide bonds. The second kappa shape index (κ2) is 8.40. The van der Waals surface area contributed by atoms with Gasteiger partial charge in [-0.3, -0.25) is 4.68 Å². The number of ether oxygens (including phenoxy) is 1. The number of rotatable bonds is 6.